The molecule has 0 aliphatic rings. The van der Waals surface area contributed by atoms with Crippen molar-refractivity contribution in [3.63, 3.8) is 0 Å². The van der Waals surface area contributed by atoms with Crippen molar-refractivity contribution in [2.75, 3.05) is 19.8 Å². The average Bonchev–Trinajstić information content (AvgIpc) is 3.68. The second-order valence-corrected chi connectivity index (χ2v) is 22.7. The molecule has 0 aliphatic carbocycles. The maximum Gasteiger partial charge on any atom is 0.221 e. The summed E-state index contributed by atoms with van der Waals surface area (Å²) >= 11 is 1.78. The number of hydrogen-bond donors (Lipinski definition) is 0. The molecule has 4 heteroatoms. The molecule has 0 saturated carbocycles. The Morgan fingerprint density at radius 1 is 0.275 bits per heavy atom. The van der Waals surface area contributed by atoms with E-state index in [9.17, 15) is 0 Å². The highest BCUT2D eigenvalue weighted by Gasteiger charge is 2.23. The van der Waals surface area contributed by atoms with Crippen LogP contribution in [-0.4, -0.2) is 19.8 Å². The van der Waals surface area contributed by atoms with Gasteiger partial charge in [0.25, 0.3) is 0 Å². The van der Waals surface area contributed by atoms with E-state index >= 15 is 0 Å². The molecule has 0 fully saturated rings. The van der Waals surface area contributed by atoms with Crippen LogP contribution < -0.4 is 14.2 Å². The van der Waals surface area contributed by atoms with E-state index in [2.05, 4.69) is 51.1 Å². The van der Waals surface area contributed by atoms with Gasteiger partial charge in [0.2, 0.25) is 10.8 Å². The third kappa shape index (κ3) is 39.5. The molecule has 0 bridgehead atoms. The Kier molecular flexibility index (Phi) is 47.1. The normalized spacial score (nSPS) is 11.5. The van der Waals surface area contributed by atoms with Gasteiger partial charge in [-0.15, -0.1) is 0 Å². The van der Waals surface area contributed by atoms with Crippen LogP contribution in [0.25, 0.3) is 0 Å². The van der Waals surface area contributed by atoms with Crippen LogP contribution in [-0.2, 0) is 6.42 Å². The Hall–Kier alpha value is -1.68. The lowest BCUT2D eigenvalue weighted by Gasteiger charge is -2.13. The third-order valence-corrected chi connectivity index (χ3v) is 15.9. The molecule has 0 radical (unpaired) electrons. The second kappa shape index (κ2) is 51.2. The van der Waals surface area contributed by atoms with Crippen LogP contribution in [0, 0.1) is 0 Å². The van der Waals surface area contributed by atoms with Crippen LogP contribution in [0.5, 0.6) is 16.6 Å². The molecule has 1 aromatic carbocycles. The minimum atomic E-state index is 0.741. The first-order valence-corrected chi connectivity index (χ1v) is 32.2. The molecule has 1 heterocycles. The van der Waals surface area contributed by atoms with Gasteiger partial charge >= 0.3 is 0 Å². The molecule has 69 heavy (non-hydrogen) atoms. The van der Waals surface area contributed by atoms with Gasteiger partial charge in [0.05, 0.1) is 24.7 Å². The average molecular weight is 980 g/mol. The highest BCUT2D eigenvalue weighted by molar-refractivity contribution is 7.14. The molecular formula is C65H118O3S. The van der Waals surface area contributed by atoms with Gasteiger partial charge in [-0.2, -0.15) is 0 Å². The van der Waals surface area contributed by atoms with Crippen molar-refractivity contribution in [1.82, 2.24) is 0 Å². The van der Waals surface area contributed by atoms with E-state index in [-0.39, 0.29) is 0 Å². The lowest BCUT2D eigenvalue weighted by atomic mass is 10.0. The number of benzene rings is 1. The zero-order valence-electron chi connectivity index (χ0n) is 46.8. The van der Waals surface area contributed by atoms with Crippen LogP contribution >= 0.6 is 11.3 Å². The number of unbranched alkanes of at least 4 members (excludes halogenated alkanes) is 45. The zero-order chi connectivity index (χ0) is 49.0. The maximum atomic E-state index is 6.77. The SMILES string of the molecule is CCCCCCCCCCCCCCCCCCOc1sc(Cc2ccccc2)c(OCCCCCCCCCCCCCCCCCC)c1OCCCCCCCCCCCCCCCCCC. The topological polar surface area (TPSA) is 27.7 Å². The first kappa shape index (κ1) is 63.4. The quantitative estimate of drug-likeness (QED) is 0.0618. The van der Waals surface area contributed by atoms with Gasteiger partial charge in [-0.3, -0.25) is 0 Å². The second-order valence-electron chi connectivity index (χ2n) is 21.6. The maximum absolute atomic E-state index is 6.77. The minimum Gasteiger partial charge on any atom is -0.488 e. The highest BCUT2D eigenvalue weighted by atomic mass is 32.1. The molecule has 2 rings (SSSR count). The van der Waals surface area contributed by atoms with Gasteiger partial charge in [0.1, 0.15) is 0 Å². The summed E-state index contributed by atoms with van der Waals surface area (Å²) in [5.41, 5.74) is 1.32. The lowest BCUT2D eigenvalue weighted by molar-refractivity contribution is 0.240. The smallest absolute Gasteiger partial charge is 0.221 e. The molecule has 0 spiro atoms. The van der Waals surface area contributed by atoms with E-state index in [1.807, 2.05) is 0 Å². The van der Waals surface area contributed by atoms with Crippen molar-refractivity contribution in [3.05, 3.63) is 40.8 Å². The van der Waals surface area contributed by atoms with Gasteiger partial charge < -0.3 is 14.2 Å². The van der Waals surface area contributed by atoms with Gasteiger partial charge in [0.15, 0.2) is 5.75 Å². The molecule has 0 amide bonds. The summed E-state index contributed by atoms with van der Waals surface area (Å²) in [6, 6.07) is 10.9. The summed E-state index contributed by atoms with van der Waals surface area (Å²) in [4.78, 5) is 1.25. The fourth-order valence-corrected chi connectivity index (χ4v) is 11.2. The monoisotopic (exact) mass is 979 g/mol. The van der Waals surface area contributed by atoms with Crippen LogP contribution in [0.3, 0.4) is 0 Å². The fraction of sp³-hybridized carbons (Fsp3) is 0.846. The standard InChI is InChI=1S/C65H118O3S/c1-4-7-10-13-16-19-22-25-28-31-34-37-40-43-46-52-57-66-63-62(60-61-55-50-49-51-56-61)69-65(68-59-54-48-45-42-39-36-33-30-27-24-21-18-15-12-9-6-3)64(63)67-58-53-47-44-41-38-35-32-29-26-23-20-17-14-11-8-5-2/h49-51,55-56H,4-48,52-54,57-60H2,1-3H3. The van der Waals surface area contributed by atoms with Crippen molar-refractivity contribution >= 4 is 11.3 Å². The van der Waals surface area contributed by atoms with Gasteiger partial charge in [-0.1, -0.05) is 351 Å². The van der Waals surface area contributed by atoms with Gasteiger partial charge in [-0.05, 0) is 24.8 Å². The molecule has 0 atom stereocenters. The number of hydrogen-bond acceptors (Lipinski definition) is 4. The third-order valence-electron chi connectivity index (χ3n) is 14.8. The molecule has 0 aliphatic heterocycles. The van der Waals surface area contributed by atoms with E-state index in [1.54, 1.807) is 11.3 Å². The van der Waals surface area contributed by atoms with Gasteiger partial charge in [-0.25, -0.2) is 0 Å². The molecule has 3 nitrogen and oxygen atoms in total. The number of rotatable bonds is 56. The Morgan fingerprint density at radius 2 is 0.522 bits per heavy atom. The summed E-state index contributed by atoms with van der Waals surface area (Å²) in [6.07, 6.45) is 67.3. The van der Waals surface area contributed by atoms with Crippen LogP contribution in [0.1, 0.15) is 339 Å². The van der Waals surface area contributed by atoms with Crippen molar-refractivity contribution in [2.45, 2.75) is 335 Å². The summed E-state index contributed by atoms with van der Waals surface area (Å²) in [5.74, 6) is 1.85. The predicted molar refractivity (Wildman–Crippen MR) is 309 cm³/mol. The molecule has 0 saturated heterocycles. The Balaban J connectivity index is 1.79. The Morgan fingerprint density at radius 3 is 0.812 bits per heavy atom. The number of ether oxygens (including phenoxy) is 3. The molecule has 402 valence electrons. The highest BCUT2D eigenvalue weighted by Crippen LogP contribution is 2.49. The molecule has 0 N–H and O–H groups in total. The van der Waals surface area contributed by atoms with E-state index in [0.717, 1.165) is 62.1 Å². The van der Waals surface area contributed by atoms with Gasteiger partial charge in [0, 0.05) is 6.42 Å². The van der Waals surface area contributed by atoms with Crippen LogP contribution in [0.4, 0.5) is 0 Å². The molecule has 0 unspecified atom stereocenters. The Labute approximate surface area is 436 Å². The van der Waals surface area contributed by atoms with Crippen molar-refractivity contribution < 1.29 is 14.2 Å². The van der Waals surface area contributed by atoms with E-state index in [1.165, 1.54) is 299 Å². The minimum absolute atomic E-state index is 0.741. The Bertz CT molecular complexity index is 1290. The predicted octanol–water partition coefficient (Wildman–Crippen LogP) is 23.3. The molecule has 2 aromatic rings. The largest absolute Gasteiger partial charge is 0.488 e. The van der Waals surface area contributed by atoms with E-state index < -0.39 is 0 Å². The first-order chi connectivity index (χ1) is 34.3. The van der Waals surface area contributed by atoms with E-state index in [0.29, 0.717) is 0 Å². The van der Waals surface area contributed by atoms with Crippen LogP contribution in [0.15, 0.2) is 30.3 Å². The van der Waals surface area contributed by atoms with Crippen molar-refractivity contribution in [1.29, 1.82) is 0 Å². The van der Waals surface area contributed by atoms with E-state index in [4.69, 9.17) is 14.2 Å². The summed E-state index contributed by atoms with van der Waals surface area (Å²) < 4.78 is 20.1. The fourth-order valence-electron chi connectivity index (χ4n) is 10.2. The molecular weight excluding hydrogens is 861 g/mol. The summed E-state index contributed by atoms with van der Waals surface area (Å²) in [7, 11) is 0. The summed E-state index contributed by atoms with van der Waals surface area (Å²) in [5, 5.41) is 0.945. The van der Waals surface area contributed by atoms with Crippen LogP contribution in [0.2, 0.25) is 0 Å². The lowest BCUT2D eigenvalue weighted by Crippen LogP contribution is -2.04. The first-order valence-electron chi connectivity index (χ1n) is 31.4. The number of thiophene rings is 1. The summed E-state index contributed by atoms with van der Waals surface area (Å²) in [6.45, 7) is 9.18. The van der Waals surface area contributed by atoms with Crippen molar-refractivity contribution in [2.24, 2.45) is 0 Å². The zero-order valence-corrected chi connectivity index (χ0v) is 47.6. The molecule has 1 aromatic heterocycles. The van der Waals surface area contributed by atoms with Crippen molar-refractivity contribution in [3.8, 4) is 16.6 Å².